The largest absolute Gasteiger partial charge is 0.364 e. The molecule has 0 N–H and O–H groups in total. The number of alkyl halides is 2. The number of benzene rings is 2. The van der Waals surface area contributed by atoms with E-state index in [1.165, 1.54) is 7.11 Å². The monoisotopic (exact) mass is 392 g/mol. The summed E-state index contributed by atoms with van der Waals surface area (Å²) in [5.41, 5.74) is 1.54. The molecule has 2 fully saturated rings. The normalized spacial score (nSPS) is 31.9. The molecule has 2 aromatic rings. The van der Waals surface area contributed by atoms with Gasteiger partial charge in [-0.25, -0.2) is 0 Å². The third kappa shape index (κ3) is 3.81. The van der Waals surface area contributed by atoms with Gasteiger partial charge >= 0.3 is 5.92 Å². The minimum absolute atomic E-state index is 0.0287. The summed E-state index contributed by atoms with van der Waals surface area (Å²) in [5.74, 6) is -3.39. The van der Waals surface area contributed by atoms with E-state index in [0.717, 1.165) is 11.1 Å². The first-order valence-corrected chi connectivity index (χ1v) is 9.13. The van der Waals surface area contributed by atoms with E-state index < -0.39 is 36.8 Å². The van der Waals surface area contributed by atoms with Crippen molar-refractivity contribution in [3.8, 4) is 0 Å². The van der Waals surface area contributed by atoms with Gasteiger partial charge in [0.25, 0.3) is 0 Å². The highest BCUT2D eigenvalue weighted by molar-refractivity contribution is 5.17. The molecule has 0 amide bonds. The van der Waals surface area contributed by atoms with Gasteiger partial charge < -0.3 is 23.7 Å². The smallest absolute Gasteiger partial charge is 0.326 e. The second kappa shape index (κ2) is 8.23. The van der Waals surface area contributed by atoms with Crippen molar-refractivity contribution in [1.82, 2.24) is 0 Å². The highest BCUT2D eigenvalue weighted by Crippen LogP contribution is 2.42. The Bertz CT molecular complexity index is 758. The van der Waals surface area contributed by atoms with Gasteiger partial charge in [-0.2, -0.15) is 8.78 Å². The first-order valence-electron chi connectivity index (χ1n) is 9.13. The Morgan fingerprint density at radius 2 is 1.68 bits per heavy atom. The van der Waals surface area contributed by atoms with Crippen LogP contribution in [0.5, 0.6) is 0 Å². The minimum atomic E-state index is -3.39. The van der Waals surface area contributed by atoms with E-state index >= 15 is 8.78 Å². The predicted molar refractivity (Wildman–Crippen MR) is 95.6 cm³/mol. The van der Waals surface area contributed by atoms with E-state index in [-0.39, 0.29) is 13.2 Å². The molecule has 0 saturated carbocycles. The van der Waals surface area contributed by atoms with Crippen LogP contribution >= 0.6 is 0 Å². The molecule has 0 aliphatic carbocycles. The molecule has 0 unspecified atom stereocenters. The molecule has 0 radical (unpaired) electrons. The number of ether oxygens (including phenoxy) is 5. The second-order valence-corrected chi connectivity index (χ2v) is 6.81. The molecule has 2 aliphatic heterocycles. The molecule has 2 saturated heterocycles. The van der Waals surface area contributed by atoms with Gasteiger partial charge in [-0.05, 0) is 5.56 Å². The van der Waals surface area contributed by atoms with Crippen LogP contribution in [0.15, 0.2) is 60.7 Å². The summed E-state index contributed by atoms with van der Waals surface area (Å²) in [4.78, 5) is 0. The van der Waals surface area contributed by atoms with Gasteiger partial charge in [-0.15, -0.1) is 0 Å². The van der Waals surface area contributed by atoms with E-state index in [0.29, 0.717) is 0 Å². The fourth-order valence-corrected chi connectivity index (χ4v) is 3.50. The Kier molecular flexibility index (Phi) is 5.70. The fourth-order valence-electron chi connectivity index (χ4n) is 3.50. The average molecular weight is 392 g/mol. The van der Waals surface area contributed by atoms with Gasteiger partial charge in [0, 0.05) is 12.7 Å². The van der Waals surface area contributed by atoms with Gasteiger partial charge in [0.1, 0.15) is 12.2 Å². The van der Waals surface area contributed by atoms with Gasteiger partial charge in [0.15, 0.2) is 12.4 Å². The van der Waals surface area contributed by atoms with Crippen LogP contribution in [-0.4, -0.2) is 44.2 Å². The molecule has 7 heteroatoms. The van der Waals surface area contributed by atoms with E-state index in [1.54, 1.807) is 0 Å². The third-order valence-corrected chi connectivity index (χ3v) is 4.91. The van der Waals surface area contributed by atoms with E-state index in [4.69, 9.17) is 23.7 Å². The van der Waals surface area contributed by atoms with Crippen LogP contribution < -0.4 is 0 Å². The van der Waals surface area contributed by atoms with Crippen molar-refractivity contribution in [2.75, 3.05) is 13.7 Å². The average Bonchev–Trinajstić information content (AvgIpc) is 2.73. The molecule has 150 valence electrons. The maximum atomic E-state index is 15.0. The molecule has 0 bridgehead atoms. The van der Waals surface area contributed by atoms with Crippen molar-refractivity contribution < 1.29 is 32.5 Å². The highest BCUT2D eigenvalue weighted by Gasteiger charge is 2.61. The summed E-state index contributed by atoms with van der Waals surface area (Å²) in [6.07, 6.45) is -5.74. The van der Waals surface area contributed by atoms with Crippen LogP contribution in [0.25, 0.3) is 0 Å². The maximum Gasteiger partial charge on any atom is 0.326 e. The number of rotatable bonds is 5. The quantitative estimate of drug-likeness (QED) is 0.777. The second-order valence-electron chi connectivity index (χ2n) is 6.81. The Hall–Kier alpha value is -1.90. The molecule has 0 aromatic heterocycles. The lowest BCUT2D eigenvalue weighted by Crippen LogP contribution is -2.66. The molecular formula is C21H22F2O5. The topological polar surface area (TPSA) is 46.2 Å². The van der Waals surface area contributed by atoms with Gasteiger partial charge in [-0.3, -0.25) is 0 Å². The van der Waals surface area contributed by atoms with Crippen LogP contribution in [0.2, 0.25) is 0 Å². The van der Waals surface area contributed by atoms with E-state index in [2.05, 4.69) is 0 Å². The van der Waals surface area contributed by atoms with Crippen molar-refractivity contribution in [2.24, 2.45) is 0 Å². The van der Waals surface area contributed by atoms with Crippen molar-refractivity contribution in [1.29, 1.82) is 0 Å². The third-order valence-electron chi connectivity index (χ3n) is 4.91. The molecule has 5 nitrogen and oxygen atoms in total. The molecular weight excluding hydrogens is 370 g/mol. The van der Waals surface area contributed by atoms with Gasteiger partial charge in [0.05, 0.1) is 13.2 Å². The molecule has 28 heavy (non-hydrogen) atoms. The Morgan fingerprint density at radius 3 is 2.36 bits per heavy atom. The van der Waals surface area contributed by atoms with Gasteiger partial charge in [-0.1, -0.05) is 60.7 Å². The Morgan fingerprint density at radius 1 is 1.00 bits per heavy atom. The summed E-state index contributed by atoms with van der Waals surface area (Å²) >= 11 is 0. The van der Waals surface area contributed by atoms with E-state index in [9.17, 15) is 0 Å². The summed E-state index contributed by atoms with van der Waals surface area (Å²) in [7, 11) is 1.18. The lowest BCUT2D eigenvalue weighted by molar-refractivity contribution is -0.400. The molecule has 2 heterocycles. The zero-order chi connectivity index (χ0) is 19.6. The van der Waals surface area contributed by atoms with Crippen LogP contribution in [0.3, 0.4) is 0 Å². The summed E-state index contributed by atoms with van der Waals surface area (Å²) in [6.45, 7) is 0.131. The van der Waals surface area contributed by atoms with Crippen molar-refractivity contribution in [3.05, 3.63) is 71.8 Å². The fraction of sp³-hybridized carbons (Fsp3) is 0.429. The first kappa shape index (κ1) is 19.4. The molecule has 2 aliphatic rings. The number of methoxy groups -OCH3 is 1. The lowest BCUT2D eigenvalue weighted by Gasteiger charge is -2.48. The number of hydrogen-bond acceptors (Lipinski definition) is 5. The van der Waals surface area contributed by atoms with Crippen molar-refractivity contribution in [3.63, 3.8) is 0 Å². The molecule has 2 aromatic carbocycles. The predicted octanol–water partition coefficient (Wildman–Crippen LogP) is 3.69. The lowest BCUT2D eigenvalue weighted by atomic mass is 9.96. The Labute approximate surface area is 162 Å². The SMILES string of the molecule is CO[C@@H]1O[C@@H]2CO[C@@H](c3ccccc3)O[C@H]2[C@H](OCc2ccccc2)C1(F)F. The number of hydrogen-bond donors (Lipinski definition) is 0. The first-order chi connectivity index (χ1) is 13.6. The van der Waals surface area contributed by atoms with E-state index in [1.807, 2.05) is 60.7 Å². The van der Waals surface area contributed by atoms with Gasteiger partial charge in [0.2, 0.25) is 6.29 Å². The van der Waals surface area contributed by atoms with Crippen LogP contribution in [0, 0.1) is 0 Å². The van der Waals surface area contributed by atoms with Crippen LogP contribution in [0.1, 0.15) is 17.4 Å². The minimum Gasteiger partial charge on any atom is -0.364 e. The van der Waals surface area contributed by atoms with Crippen LogP contribution in [-0.2, 0) is 30.3 Å². The zero-order valence-electron chi connectivity index (χ0n) is 15.4. The maximum absolute atomic E-state index is 15.0. The molecule has 5 atom stereocenters. The molecule has 0 spiro atoms. The summed E-state index contributed by atoms with van der Waals surface area (Å²) in [6, 6.07) is 18.3. The number of fused-ring (bicyclic) bond motifs is 1. The Balaban J connectivity index is 1.56. The summed E-state index contributed by atoms with van der Waals surface area (Å²) in [5, 5.41) is 0. The van der Waals surface area contributed by atoms with Crippen molar-refractivity contribution >= 4 is 0 Å². The number of halogens is 2. The van der Waals surface area contributed by atoms with Crippen molar-refractivity contribution in [2.45, 2.75) is 43.4 Å². The standard InChI is InChI=1S/C21H22F2O5/c1-24-20-21(22,23)18(25-12-14-8-4-2-5-9-14)17-16(27-20)13-26-19(28-17)15-10-6-3-7-11-15/h2-11,16-20H,12-13H2,1H3/t16-,17-,18+,19-,20-/m1/s1. The van der Waals surface area contributed by atoms with Crippen LogP contribution in [0.4, 0.5) is 8.78 Å². The zero-order valence-corrected chi connectivity index (χ0v) is 15.4. The summed E-state index contributed by atoms with van der Waals surface area (Å²) < 4.78 is 57.7. The molecule has 4 rings (SSSR count). The highest BCUT2D eigenvalue weighted by atomic mass is 19.3.